The number of rotatable bonds is 2. The minimum absolute atomic E-state index is 0.570. The van der Waals surface area contributed by atoms with Crippen molar-refractivity contribution in [2.75, 3.05) is 0 Å². The average molecular weight is 307 g/mol. The van der Waals surface area contributed by atoms with Crippen LogP contribution in [0.1, 0.15) is 15.9 Å². The lowest BCUT2D eigenvalue weighted by molar-refractivity contribution is 0.112. The Labute approximate surface area is 139 Å². The molecule has 0 saturated carbocycles. The fourth-order valence-corrected chi connectivity index (χ4v) is 3.24. The largest absolute Gasteiger partial charge is 0.298 e. The highest BCUT2D eigenvalue weighted by atomic mass is 16.1. The summed E-state index contributed by atoms with van der Waals surface area (Å²) >= 11 is 0. The standard InChI is InChI=1S/C22H13NO/c23-13-18-10-9-15(14-24)11-21(18)22-19-7-3-1-5-16(19)12-17-6-2-4-8-20(17)22/h1-12,14H. The Bertz CT molecular complexity index is 1080. The molecule has 0 amide bonds. The molecule has 0 aliphatic rings. The van der Waals surface area contributed by atoms with Crippen molar-refractivity contribution in [3.05, 3.63) is 83.9 Å². The van der Waals surface area contributed by atoms with Gasteiger partial charge in [0, 0.05) is 11.1 Å². The van der Waals surface area contributed by atoms with E-state index < -0.39 is 0 Å². The highest BCUT2D eigenvalue weighted by molar-refractivity contribution is 6.13. The zero-order valence-electron chi connectivity index (χ0n) is 12.9. The van der Waals surface area contributed by atoms with Crippen molar-refractivity contribution in [1.29, 1.82) is 5.26 Å². The third kappa shape index (κ3) is 2.15. The quantitative estimate of drug-likeness (QED) is 0.370. The van der Waals surface area contributed by atoms with Crippen LogP contribution in [0.4, 0.5) is 0 Å². The van der Waals surface area contributed by atoms with Gasteiger partial charge in [-0.1, -0.05) is 54.6 Å². The van der Waals surface area contributed by atoms with E-state index in [0.29, 0.717) is 11.1 Å². The number of nitrogens with zero attached hydrogens (tertiary/aromatic N) is 1. The molecular weight excluding hydrogens is 294 g/mol. The van der Waals surface area contributed by atoms with Crippen molar-refractivity contribution in [2.45, 2.75) is 0 Å². The van der Waals surface area contributed by atoms with Crippen LogP contribution in [-0.4, -0.2) is 6.29 Å². The fourth-order valence-electron chi connectivity index (χ4n) is 3.24. The second-order valence-electron chi connectivity index (χ2n) is 5.73. The zero-order chi connectivity index (χ0) is 16.5. The van der Waals surface area contributed by atoms with E-state index in [9.17, 15) is 10.1 Å². The summed E-state index contributed by atoms with van der Waals surface area (Å²) in [6.07, 6.45) is 0.817. The lowest BCUT2D eigenvalue weighted by atomic mass is 9.89. The second-order valence-corrected chi connectivity index (χ2v) is 5.73. The number of hydrogen-bond acceptors (Lipinski definition) is 2. The first kappa shape index (κ1) is 14.2. The van der Waals surface area contributed by atoms with E-state index in [2.05, 4.69) is 36.4 Å². The molecule has 0 heterocycles. The number of nitriles is 1. The maximum Gasteiger partial charge on any atom is 0.150 e. The number of benzene rings is 4. The Balaban J connectivity index is 2.23. The fraction of sp³-hybridized carbons (Fsp3) is 0. The van der Waals surface area contributed by atoms with Crippen molar-refractivity contribution in [1.82, 2.24) is 0 Å². The minimum atomic E-state index is 0.570. The monoisotopic (exact) mass is 307 g/mol. The maximum absolute atomic E-state index is 11.2. The van der Waals surface area contributed by atoms with Gasteiger partial charge >= 0.3 is 0 Å². The van der Waals surface area contributed by atoms with Crippen LogP contribution in [-0.2, 0) is 0 Å². The molecule has 2 nitrogen and oxygen atoms in total. The molecule has 0 fully saturated rings. The van der Waals surface area contributed by atoms with E-state index in [0.717, 1.165) is 39.0 Å². The van der Waals surface area contributed by atoms with E-state index in [1.807, 2.05) is 24.3 Å². The molecule has 0 spiro atoms. The van der Waals surface area contributed by atoms with Gasteiger partial charge in [0.2, 0.25) is 0 Å². The van der Waals surface area contributed by atoms with Gasteiger partial charge in [-0.2, -0.15) is 5.26 Å². The molecule has 0 aliphatic carbocycles. The predicted octanol–water partition coefficient (Wildman–Crippen LogP) is 5.34. The third-order valence-electron chi connectivity index (χ3n) is 4.34. The van der Waals surface area contributed by atoms with Crippen molar-refractivity contribution < 1.29 is 4.79 Å². The van der Waals surface area contributed by atoms with Gasteiger partial charge in [-0.3, -0.25) is 4.79 Å². The number of carbonyl (C=O) groups is 1. The summed E-state index contributed by atoms with van der Waals surface area (Å²) in [7, 11) is 0. The SMILES string of the molecule is N#Cc1ccc(C=O)cc1-c1c2ccccc2cc2ccccc12. The Morgan fingerprint density at radius 2 is 1.42 bits per heavy atom. The average Bonchev–Trinajstić information content (AvgIpc) is 2.65. The van der Waals surface area contributed by atoms with Crippen molar-refractivity contribution in [3.8, 4) is 17.2 Å². The van der Waals surface area contributed by atoms with E-state index >= 15 is 0 Å². The summed E-state index contributed by atoms with van der Waals surface area (Å²) in [4.78, 5) is 11.2. The molecule has 4 aromatic rings. The Kier molecular flexibility index (Phi) is 3.33. The highest BCUT2D eigenvalue weighted by Crippen LogP contribution is 2.38. The van der Waals surface area contributed by atoms with Gasteiger partial charge in [0.05, 0.1) is 11.6 Å². The smallest absolute Gasteiger partial charge is 0.150 e. The van der Waals surface area contributed by atoms with E-state index in [1.165, 1.54) is 0 Å². The minimum Gasteiger partial charge on any atom is -0.298 e. The van der Waals surface area contributed by atoms with Crippen LogP contribution in [0.15, 0.2) is 72.8 Å². The van der Waals surface area contributed by atoms with Gasteiger partial charge in [0.15, 0.2) is 0 Å². The summed E-state index contributed by atoms with van der Waals surface area (Å²) in [6, 6.07) is 25.9. The maximum atomic E-state index is 11.2. The molecule has 0 N–H and O–H groups in total. The van der Waals surface area contributed by atoms with Crippen LogP contribution in [0.2, 0.25) is 0 Å². The van der Waals surface area contributed by atoms with Crippen molar-refractivity contribution in [3.63, 3.8) is 0 Å². The normalized spacial score (nSPS) is 10.6. The van der Waals surface area contributed by atoms with E-state index in [-0.39, 0.29) is 0 Å². The summed E-state index contributed by atoms with van der Waals surface area (Å²) in [6.45, 7) is 0. The van der Waals surface area contributed by atoms with Crippen LogP contribution < -0.4 is 0 Å². The summed E-state index contributed by atoms with van der Waals surface area (Å²) < 4.78 is 0. The molecular formula is C22H13NO. The van der Waals surface area contributed by atoms with Crippen LogP contribution in [0.5, 0.6) is 0 Å². The first-order valence-corrected chi connectivity index (χ1v) is 7.72. The van der Waals surface area contributed by atoms with Crippen LogP contribution in [0, 0.1) is 11.3 Å². The summed E-state index contributed by atoms with van der Waals surface area (Å²) in [5.74, 6) is 0. The van der Waals surface area contributed by atoms with Gasteiger partial charge in [-0.05, 0) is 45.3 Å². The third-order valence-corrected chi connectivity index (χ3v) is 4.34. The molecule has 112 valence electrons. The van der Waals surface area contributed by atoms with Crippen LogP contribution >= 0.6 is 0 Å². The Morgan fingerprint density at radius 3 is 2.00 bits per heavy atom. The molecule has 0 atom stereocenters. The zero-order valence-corrected chi connectivity index (χ0v) is 12.9. The molecule has 4 rings (SSSR count). The van der Waals surface area contributed by atoms with Gasteiger partial charge in [0.25, 0.3) is 0 Å². The predicted molar refractivity (Wildman–Crippen MR) is 97.0 cm³/mol. The number of carbonyl (C=O) groups excluding carboxylic acids is 1. The molecule has 0 aromatic heterocycles. The molecule has 2 heteroatoms. The summed E-state index contributed by atoms with van der Waals surface area (Å²) in [5, 5.41) is 13.9. The molecule has 0 unspecified atom stereocenters. The lowest BCUT2D eigenvalue weighted by Gasteiger charge is -2.13. The van der Waals surface area contributed by atoms with Crippen LogP contribution in [0.3, 0.4) is 0 Å². The van der Waals surface area contributed by atoms with Gasteiger partial charge < -0.3 is 0 Å². The summed E-state index contributed by atoms with van der Waals surface area (Å²) in [5.41, 5.74) is 2.95. The van der Waals surface area contributed by atoms with Crippen LogP contribution in [0.25, 0.3) is 32.7 Å². The number of fused-ring (bicyclic) bond motifs is 2. The van der Waals surface area contributed by atoms with Gasteiger partial charge in [-0.25, -0.2) is 0 Å². The Morgan fingerprint density at radius 1 is 0.792 bits per heavy atom. The lowest BCUT2D eigenvalue weighted by Crippen LogP contribution is -1.91. The van der Waals surface area contributed by atoms with Gasteiger partial charge in [0.1, 0.15) is 6.29 Å². The van der Waals surface area contributed by atoms with Crippen molar-refractivity contribution in [2.24, 2.45) is 0 Å². The molecule has 0 aliphatic heterocycles. The number of aldehydes is 1. The van der Waals surface area contributed by atoms with Crippen molar-refractivity contribution >= 4 is 27.8 Å². The second kappa shape index (κ2) is 5.64. The first-order chi connectivity index (χ1) is 11.8. The van der Waals surface area contributed by atoms with Gasteiger partial charge in [-0.15, -0.1) is 0 Å². The molecule has 0 radical (unpaired) electrons. The van der Waals surface area contributed by atoms with E-state index in [4.69, 9.17) is 0 Å². The molecule has 0 bridgehead atoms. The topological polar surface area (TPSA) is 40.9 Å². The Hall–Kier alpha value is -3.44. The first-order valence-electron chi connectivity index (χ1n) is 7.72. The number of hydrogen-bond donors (Lipinski definition) is 0. The molecule has 4 aromatic carbocycles. The molecule has 0 saturated heterocycles. The molecule has 24 heavy (non-hydrogen) atoms. The van der Waals surface area contributed by atoms with E-state index in [1.54, 1.807) is 18.2 Å². The highest BCUT2D eigenvalue weighted by Gasteiger charge is 2.13.